The predicted octanol–water partition coefficient (Wildman–Crippen LogP) is 3.88. The van der Waals surface area contributed by atoms with Crippen LogP contribution in [0.15, 0.2) is 59.5 Å². The van der Waals surface area contributed by atoms with Crippen LogP contribution >= 0.6 is 0 Å². The number of fused-ring (bicyclic) bond motifs is 2. The average Bonchev–Trinajstić information content (AvgIpc) is 3.40. The highest BCUT2D eigenvalue weighted by atomic mass is 32.2. The van der Waals surface area contributed by atoms with E-state index in [1.165, 1.54) is 0 Å². The summed E-state index contributed by atoms with van der Waals surface area (Å²) in [6.07, 6.45) is 2.17. The zero-order valence-corrected chi connectivity index (χ0v) is 19.9. The van der Waals surface area contributed by atoms with Crippen molar-refractivity contribution >= 4 is 37.5 Å². The summed E-state index contributed by atoms with van der Waals surface area (Å²) in [7, 11) is -0.613. The SMILES string of the molecule is COc1cc2nc(CNS(=O)(=O)c3cccc4ccccc34)nc(N3CCCC3)c2cc1OC. The number of benzene rings is 3. The maximum absolute atomic E-state index is 13.2. The number of sulfonamides is 1. The highest BCUT2D eigenvalue weighted by Crippen LogP contribution is 2.36. The van der Waals surface area contributed by atoms with Crippen LogP contribution in [0.5, 0.6) is 11.5 Å². The largest absolute Gasteiger partial charge is 0.493 e. The molecule has 5 rings (SSSR count). The van der Waals surface area contributed by atoms with Crippen LogP contribution < -0.4 is 19.1 Å². The topological polar surface area (TPSA) is 93.6 Å². The summed E-state index contributed by atoms with van der Waals surface area (Å²) < 4.78 is 40.0. The van der Waals surface area contributed by atoms with Crippen LogP contribution in [0, 0.1) is 0 Å². The van der Waals surface area contributed by atoms with Gasteiger partial charge in [-0.2, -0.15) is 0 Å². The van der Waals surface area contributed by atoms with E-state index in [0.717, 1.165) is 42.5 Å². The molecule has 0 amide bonds. The fourth-order valence-electron chi connectivity index (χ4n) is 4.40. The number of hydrogen-bond donors (Lipinski definition) is 1. The molecule has 0 unspecified atom stereocenters. The van der Waals surface area contributed by atoms with Gasteiger partial charge in [0.15, 0.2) is 11.5 Å². The van der Waals surface area contributed by atoms with Gasteiger partial charge in [0.2, 0.25) is 10.0 Å². The smallest absolute Gasteiger partial charge is 0.241 e. The van der Waals surface area contributed by atoms with E-state index in [2.05, 4.69) is 14.6 Å². The van der Waals surface area contributed by atoms with Gasteiger partial charge >= 0.3 is 0 Å². The summed E-state index contributed by atoms with van der Waals surface area (Å²) in [6.45, 7) is 1.75. The molecule has 1 aliphatic rings. The van der Waals surface area contributed by atoms with E-state index in [9.17, 15) is 8.42 Å². The first-order valence-corrected chi connectivity index (χ1v) is 12.6. The van der Waals surface area contributed by atoms with Crippen LogP contribution in [0.2, 0.25) is 0 Å². The van der Waals surface area contributed by atoms with Gasteiger partial charge in [0.05, 0.1) is 31.2 Å². The average molecular weight is 479 g/mol. The van der Waals surface area contributed by atoms with E-state index < -0.39 is 10.0 Å². The number of nitrogens with zero attached hydrogens (tertiary/aromatic N) is 3. The zero-order valence-electron chi connectivity index (χ0n) is 19.1. The predicted molar refractivity (Wildman–Crippen MR) is 132 cm³/mol. The van der Waals surface area contributed by atoms with Gasteiger partial charge in [-0.25, -0.2) is 23.1 Å². The molecular formula is C25H26N4O4S. The Morgan fingerprint density at radius 1 is 0.912 bits per heavy atom. The first-order valence-electron chi connectivity index (χ1n) is 11.1. The zero-order chi connectivity index (χ0) is 23.7. The highest BCUT2D eigenvalue weighted by Gasteiger charge is 2.22. The molecular weight excluding hydrogens is 452 g/mol. The van der Waals surface area contributed by atoms with Crippen LogP contribution in [0.4, 0.5) is 5.82 Å². The van der Waals surface area contributed by atoms with E-state index in [-0.39, 0.29) is 11.4 Å². The van der Waals surface area contributed by atoms with E-state index in [4.69, 9.17) is 14.5 Å². The molecule has 4 aromatic rings. The Labute approximate surface area is 198 Å². The number of nitrogens with one attached hydrogen (secondary N) is 1. The lowest BCUT2D eigenvalue weighted by molar-refractivity contribution is 0.355. The Hall–Kier alpha value is -3.43. The Kier molecular flexibility index (Phi) is 5.97. The van der Waals surface area contributed by atoms with Gasteiger partial charge in [-0.1, -0.05) is 36.4 Å². The second-order valence-electron chi connectivity index (χ2n) is 8.18. The fourth-order valence-corrected chi connectivity index (χ4v) is 5.61. The van der Waals surface area contributed by atoms with Gasteiger partial charge in [-0.3, -0.25) is 0 Å². The molecule has 0 atom stereocenters. The second-order valence-corrected chi connectivity index (χ2v) is 9.92. The van der Waals surface area contributed by atoms with Crippen LogP contribution in [-0.4, -0.2) is 45.7 Å². The van der Waals surface area contributed by atoms with Crippen molar-refractivity contribution in [3.05, 3.63) is 60.4 Å². The molecule has 1 saturated heterocycles. The molecule has 0 aliphatic carbocycles. The van der Waals surface area contributed by atoms with Crippen LogP contribution in [0.1, 0.15) is 18.7 Å². The lowest BCUT2D eigenvalue weighted by Crippen LogP contribution is -2.26. The lowest BCUT2D eigenvalue weighted by Gasteiger charge is -2.20. The molecule has 1 aliphatic heterocycles. The summed E-state index contributed by atoms with van der Waals surface area (Å²) in [5.74, 6) is 2.33. The molecule has 1 fully saturated rings. The molecule has 0 spiro atoms. The summed E-state index contributed by atoms with van der Waals surface area (Å²) in [5, 5.41) is 2.39. The van der Waals surface area contributed by atoms with E-state index in [1.54, 1.807) is 32.4 Å². The molecule has 9 heteroatoms. The molecule has 1 aromatic heterocycles. The monoisotopic (exact) mass is 478 g/mol. The normalized spacial score (nSPS) is 14.1. The molecule has 3 aromatic carbocycles. The van der Waals surface area contributed by atoms with Crippen molar-refractivity contribution in [3.63, 3.8) is 0 Å². The third kappa shape index (κ3) is 4.12. The van der Waals surface area contributed by atoms with E-state index in [0.29, 0.717) is 28.2 Å². The number of rotatable bonds is 7. The molecule has 0 radical (unpaired) electrons. The summed E-state index contributed by atoms with van der Waals surface area (Å²) in [6, 6.07) is 16.4. The number of anilines is 1. The van der Waals surface area contributed by atoms with Crippen molar-refractivity contribution in [2.45, 2.75) is 24.3 Å². The molecule has 1 N–H and O–H groups in total. The molecule has 2 heterocycles. The number of hydrogen-bond acceptors (Lipinski definition) is 7. The van der Waals surface area contributed by atoms with Crippen molar-refractivity contribution in [1.82, 2.24) is 14.7 Å². The number of ether oxygens (including phenoxy) is 2. The van der Waals surface area contributed by atoms with Crippen LogP contribution in [0.25, 0.3) is 21.7 Å². The molecule has 34 heavy (non-hydrogen) atoms. The Morgan fingerprint density at radius 2 is 1.62 bits per heavy atom. The van der Waals surface area contributed by atoms with E-state index >= 15 is 0 Å². The van der Waals surface area contributed by atoms with Gasteiger partial charge in [0.1, 0.15) is 11.6 Å². The van der Waals surface area contributed by atoms with E-state index in [1.807, 2.05) is 36.4 Å². The molecule has 8 nitrogen and oxygen atoms in total. The first kappa shape index (κ1) is 22.4. The second kappa shape index (κ2) is 9.08. The fraction of sp³-hybridized carbons (Fsp3) is 0.280. The minimum Gasteiger partial charge on any atom is -0.493 e. The quantitative estimate of drug-likeness (QED) is 0.431. The Balaban J connectivity index is 1.53. The maximum atomic E-state index is 13.2. The van der Waals surface area contributed by atoms with Crippen LogP contribution in [-0.2, 0) is 16.6 Å². The van der Waals surface area contributed by atoms with Crippen molar-refractivity contribution in [2.24, 2.45) is 0 Å². The number of aromatic nitrogens is 2. The van der Waals surface area contributed by atoms with Crippen molar-refractivity contribution < 1.29 is 17.9 Å². The van der Waals surface area contributed by atoms with Gasteiger partial charge < -0.3 is 14.4 Å². The summed E-state index contributed by atoms with van der Waals surface area (Å²) in [4.78, 5) is 11.9. The first-order chi connectivity index (χ1) is 16.5. The minimum absolute atomic E-state index is 0.0311. The maximum Gasteiger partial charge on any atom is 0.241 e. The third-order valence-corrected chi connectivity index (χ3v) is 7.55. The minimum atomic E-state index is -3.78. The molecule has 0 bridgehead atoms. The van der Waals surface area contributed by atoms with Crippen LogP contribution in [0.3, 0.4) is 0 Å². The molecule has 0 saturated carbocycles. The lowest BCUT2D eigenvalue weighted by atomic mass is 10.1. The standard InChI is InChI=1S/C25H26N4O4S/c1-32-21-14-19-20(15-22(21)33-2)27-24(28-25(19)29-12-5-6-13-29)16-26-34(30,31)23-11-7-9-17-8-3-4-10-18(17)23/h3-4,7-11,14-15,26H,5-6,12-13,16H2,1-2H3. The van der Waals surface area contributed by atoms with Gasteiger partial charge in [-0.05, 0) is 30.4 Å². The van der Waals surface area contributed by atoms with Crippen molar-refractivity contribution in [1.29, 1.82) is 0 Å². The Bertz CT molecular complexity index is 1460. The van der Waals surface area contributed by atoms with Gasteiger partial charge in [0, 0.05) is 29.9 Å². The highest BCUT2D eigenvalue weighted by molar-refractivity contribution is 7.89. The number of methoxy groups -OCH3 is 2. The van der Waals surface area contributed by atoms with Crippen molar-refractivity contribution in [3.8, 4) is 11.5 Å². The van der Waals surface area contributed by atoms with Crippen molar-refractivity contribution in [2.75, 3.05) is 32.2 Å². The third-order valence-electron chi connectivity index (χ3n) is 6.09. The summed E-state index contributed by atoms with van der Waals surface area (Å²) in [5.41, 5.74) is 0.675. The Morgan fingerprint density at radius 3 is 2.38 bits per heavy atom. The van der Waals surface area contributed by atoms with Gasteiger partial charge in [-0.15, -0.1) is 0 Å². The summed E-state index contributed by atoms with van der Waals surface area (Å²) >= 11 is 0. The van der Waals surface area contributed by atoms with Gasteiger partial charge in [0.25, 0.3) is 0 Å². The molecule has 176 valence electrons.